The molecule has 3 rings (SSSR count). The van der Waals surface area contributed by atoms with Crippen LogP contribution in [0.5, 0.6) is 0 Å². The fourth-order valence-corrected chi connectivity index (χ4v) is 3.66. The highest BCUT2D eigenvalue weighted by atomic mass is 79.9. The van der Waals surface area contributed by atoms with Crippen LogP contribution in [0.25, 0.3) is 10.9 Å². The molecule has 1 aliphatic heterocycles. The van der Waals surface area contributed by atoms with E-state index in [1.807, 2.05) is 18.2 Å². The second kappa shape index (κ2) is 7.10. The molecule has 2 aromatic rings. The van der Waals surface area contributed by atoms with Gasteiger partial charge in [0.25, 0.3) is 0 Å². The Labute approximate surface area is 148 Å². The second-order valence-electron chi connectivity index (χ2n) is 5.79. The van der Waals surface area contributed by atoms with Crippen molar-refractivity contribution in [2.24, 2.45) is 0 Å². The third-order valence-electron chi connectivity index (χ3n) is 4.30. The molecule has 122 valence electrons. The summed E-state index contributed by atoms with van der Waals surface area (Å²) in [5, 5.41) is 9.84. The minimum absolute atomic E-state index is 0.0876. The van der Waals surface area contributed by atoms with Crippen LogP contribution in [0.2, 0.25) is 0 Å². The van der Waals surface area contributed by atoms with Crippen molar-refractivity contribution >= 4 is 38.5 Å². The SMILES string of the molecule is N#C[C@@H]1CCCN1C(=O)CCC(=O)c1ccnc2cccc(Br)c12. The van der Waals surface area contributed by atoms with Gasteiger partial charge in [-0.3, -0.25) is 14.6 Å². The molecule has 1 saturated heterocycles. The van der Waals surface area contributed by atoms with E-state index in [2.05, 4.69) is 27.0 Å². The molecular formula is C18H16BrN3O2. The topological polar surface area (TPSA) is 74.1 Å². The van der Waals surface area contributed by atoms with Crippen LogP contribution in [0.4, 0.5) is 0 Å². The van der Waals surface area contributed by atoms with Crippen molar-refractivity contribution in [3.8, 4) is 6.07 Å². The minimum atomic E-state index is -0.344. The summed E-state index contributed by atoms with van der Waals surface area (Å²) in [5.74, 6) is -0.208. The van der Waals surface area contributed by atoms with Crippen LogP contribution in [-0.4, -0.2) is 34.2 Å². The molecule has 5 nitrogen and oxygen atoms in total. The Morgan fingerprint density at radius 2 is 2.17 bits per heavy atom. The molecule has 1 aromatic heterocycles. The number of hydrogen-bond donors (Lipinski definition) is 0. The Balaban J connectivity index is 1.74. The van der Waals surface area contributed by atoms with Gasteiger partial charge in [0.15, 0.2) is 5.78 Å². The van der Waals surface area contributed by atoms with Crippen molar-refractivity contribution < 1.29 is 9.59 Å². The first kappa shape index (κ1) is 16.6. The van der Waals surface area contributed by atoms with Gasteiger partial charge in [0.1, 0.15) is 6.04 Å². The molecule has 6 heteroatoms. The molecule has 0 bridgehead atoms. The number of rotatable bonds is 4. The standard InChI is InChI=1S/C18H16BrN3O2/c19-14-4-1-5-15-18(14)13(8-9-21-15)16(23)6-7-17(24)22-10-2-3-12(22)11-20/h1,4-5,8-9,12H,2-3,6-7,10H2/t12-/m0/s1. The van der Waals surface area contributed by atoms with Gasteiger partial charge in [-0.1, -0.05) is 22.0 Å². The predicted octanol–water partition coefficient (Wildman–Crippen LogP) is 3.47. The fraction of sp³-hybridized carbons (Fsp3) is 0.333. The lowest BCUT2D eigenvalue weighted by molar-refractivity contribution is -0.131. The maximum Gasteiger partial charge on any atom is 0.224 e. The Morgan fingerprint density at radius 1 is 1.33 bits per heavy atom. The Morgan fingerprint density at radius 3 is 2.96 bits per heavy atom. The molecule has 24 heavy (non-hydrogen) atoms. The fourth-order valence-electron chi connectivity index (χ4n) is 3.09. The molecule has 1 fully saturated rings. The van der Waals surface area contributed by atoms with Gasteiger partial charge in [0, 0.05) is 41.0 Å². The van der Waals surface area contributed by atoms with Crippen LogP contribution in [0.15, 0.2) is 34.9 Å². The number of nitriles is 1. The lowest BCUT2D eigenvalue weighted by Crippen LogP contribution is -2.34. The van der Waals surface area contributed by atoms with Crippen molar-refractivity contribution in [1.82, 2.24) is 9.88 Å². The van der Waals surface area contributed by atoms with E-state index in [1.165, 1.54) is 0 Å². The Bertz CT molecular complexity index is 839. The molecule has 2 heterocycles. The van der Waals surface area contributed by atoms with Crippen LogP contribution in [-0.2, 0) is 4.79 Å². The summed E-state index contributed by atoms with van der Waals surface area (Å²) < 4.78 is 0.812. The number of hydrogen-bond acceptors (Lipinski definition) is 4. The molecule has 0 saturated carbocycles. The number of halogens is 1. The lowest BCUT2D eigenvalue weighted by atomic mass is 10.0. The second-order valence-corrected chi connectivity index (χ2v) is 6.64. The lowest BCUT2D eigenvalue weighted by Gasteiger charge is -2.19. The van der Waals surface area contributed by atoms with Crippen LogP contribution in [0, 0.1) is 11.3 Å². The van der Waals surface area contributed by atoms with Crippen molar-refractivity contribution in [3.05, 3.63) is 40.5 Å². The van der Waals surface area contributed by atoms with Crippen molar-refractivity contribution in [2.75, 3.05) is 6.54 Å². The van der Waals surface area contributed by atoms with Crippen LogP contribution >= 0.6 is 15.9 Å². The third kappa shape index (κ3) is 3.17. The zero-order chi connectivity index (χ0) is 17.1. The number of fused-ring (bicyclic) bond motifs is 1. The quantitative estimate of drug-likeness (QED) is 0.755. The van der Waals surface area contributed by atoms with E-state index in [1.54, 1.807) is 17.2 Å². The maximum atomic E-state index is 12.6. The first-order valence-electron chi connectivity index (χ1n) is 7.87. The number of aromatic nitrogens is 1. The van der Waals surface area contributed by atoms with Gasteiger partial charge < -0.3 is 4.90 Å². The summed E-state index contributed by atoms with van der Waals surface area (Å²) >= 11 is 3.46. The van der Waals surface area contributed by atoms with Gasteiger partial charge in [-0.2, -0.15) is 5.26 Å². The first-order chi connectivity index (χ1) is 11.6. The molecular weight excluding hydrogens is 370 g/mol. The number of Topliss-reactive ketones (excluding diaryl/α,β-unsaturated/α-hetero) is 1. The Kier molecular flexibility index (Phi) is 4.91. The van der Waals surface area contributed by atoms with Gasteiger partial charge in [-0.25, -0.2) is 0 Å². The van der Waals surface area contributed by atoms with Crippen LogP contribution in [0.3, 0.4) is 0 Å². The average molecular weight is 386 g/mol. The van der Waals surface area contributed by atoms with E-state index in [4.69, 9.17) is 5.26 Å². The van der Waals surface area contributed by atoms with Crippen LogP contribution in [0.1, 0.15) is 36.0 Å². The number of benzene rings is 1. The number of ketones is 1. The van der Waals surface area contributed by atoms with Gasteiger partial charge in [-0.05, 0) is 31.0 Å². The first-order valence-corrected chi connectivity index (χ1v) is 8.66. The highest BCUT2D eigenvalue weighted by Crippen LogP contribution is 2.27. The zero-order valence-electron chi connectivity index (χ0n) is 13.0. The van der Waals surface area contributed by atoms with Gasteiger partial charge in [-0.15, -0.1) is 0 Å². The van der Waals surface area contributed by atoms with Gasteiger partial charge >= 0.3 is 0 Å². The molecule has 1 aromatic carbocycles. The molecule has 0 radical (unpaired) electrons. The molecule has 1 aliphatic rings. The average Bonchev–Trinajstić information content (AvgIpc) is 3.08. The molecule has 0 spiro atoms. The smallest absolute Gasteiger partial charge is 0.224 e. The van der Waals surface area contributed by atoms with E-state index in [0.717, 1.165) is 28.2 Å². The number of likely N-dealkylation sites (tertiary alicyclic amines) is 1. The highest BCUT2D eigenvalue weighted by Gasteiger charge is 2.28. The highest BCUT2D eigenvalue weighted by molar-refractivity contribution is 9.10. The summed E-state index contributed by atoms with van der Waals surface area (Å²) in [6.45, 7) is 0.606. The van der Waals surface area contributed by atoms with Crippen molar-refractivity contribution in [1.29, 1.82) is 5.26 Å². The van der Waals surface area contributed by atoms with E-state index in [9.17, 15) is 9.59 Å². The number of pyridine rings is 1. The maximum absolute atomic E-state index is 12.6. The molecule has 1 amide bonds. The number of carbonyl (C=O) groups excluding carboxylic acids is 2. The summed E-state index contributed by atoms with van der Waals surface area (Å²) in [4.78, 5) is 30.7. The normalized spacial score (nSPS) is 17.0. The predicted molar refractivity (Wildman–Crippen MR) is 93.4 cm³/mol. The number of nitrogens with zero attached hydrogens (tertiary/aromatic N) is 3. The largest absolute Gasteiger partial charge is 0.327 e. The molecule has 0 N–H and O–H groups in total. The third-order valence-corrected chi connectivity index (χ3v) is 4.97. The zero-order valence-corrected chi connectivity index (χ0v) is 14.6. The summed E-state index contributed by atoms with van der Waals surface area (Å²) in [6.07, 6.45) is 3.44. The van der Waals surface area contributed by atoms with Crippen molar-refractivity contribution in [2.45, 2.75) is 31.7 Å². The monoisotopic (exact) mass is 385 g/mol. The number of carbonyl (C=O) groups is 2. The summed E-state index contributed by atoms with van der Waals surface area (Å²) in [7, 11) is 0. The minimum Gasteiger partial charge on any atom is -0.327 e. The molecule has 0 aliphatic carbocycles. The van der Waals surface area contributed by atoms with E-state index < -0.39 is 0 Å². The van der Waals surface area contributed by atoms with E-state index in [0.29, 0.717) is 12.1 Å². The van der Waals surface area contributed by atoms with Gasteiger partial charge in [0.2, 0.25) is 5.91 Å². The number of amides is 1. The van der Waals surface area contributed by atoms with Crippen molar-refractivity contribution in [3.63, 3.8) is 0 Å². The van der Waals surface area contributed by atoms with E-state index >= 15 is 0 Å². The Hall–Kier alpha value is -2.26. The molecule has 1 atom stereocenters. The summed E-state index contributed by atoms with van der Waals surface area (Å²) in [6, 6.07) is 9.08. The van der Waals surface area contributed by atoms with Crippen LogP contribution < -0.4 is 0 Å². The molecule has 0 unspecified atom stereocenters. The van der Waals surface area contributed by atoms with E-state index in [-0.39, 0.29) is 30.6 Å². The summed E-state index contributed by atoms with van der Waals surface area (Å²) in [5.41, 5.74) is 1.31. The van der Waals surface area contributed by atoms with Gasteiger partial charge in [0.05, 0.1) is 11.6 Å².